The summed E-state index contributed by atoms with van der Waals surface area (Å²) in [6.45, 7) is 0. The largest absolute Gasteiger partial charge is 0.326 e. The fourth-order valence-electron chi connectivity index (χ4n) is 1.79. The summed E-state index contributed by atoms with van der Waals surface area (Å²) >= 11 is 5.79. The quantitative estimate of drug-likeness (QED) is 0.804. The topological polar surface area (TPSA) is 78.5 Å². The normalized spacial score (nSPS) is 18.4. The van der Waals surface area contributed by atoms with Gasteiger partial charge < -0.3 is 5.32 Å². The van der Waals surface area contributed by atoms with Gasteiger partial charge in [0.05, 0.1) is 0 Å². The lowest BCUT2D eigenvalue weighted by Gasteiger charge is -2.08. The molecule has 1 aromatic rings. The van der Waals surface area contributed by atoms with Gasteiger partial charge in [-0.15, -0.1) is 0 Å². The van der Waals surface area contributed by atoms with Gasteiger partial charge in [-0.25, -0.2) is 0 Å². The van der Waals surface area contributed by atoms with Crippen molar-refractivity contribution in [2.45, 2.75) is 6.42 Å². The molecular formula is C12H12ClN3O3. The molecule has 1 aliphatic rings. The summed E-state index contributed by atoms with van der Waals surface area (Å²) in [4.78, 5) is 34.8. The highest BCUT2D eigenvalue weighted by atomic mass is 35.5. The number of benzene rings is 1. The molecular weight excluding hydrogens is 270 g/mol. The minimum Gasteiger partial charge on any atom is -0.326 e. The van der Waals surface area contributed by atoms with Crippen molar-refractivity contribution >= 4 is 35.0 Å². The van der Waals surface area contributed by atoms with Gasteiger partial charge in [-0.1, -0.05) is 17.7 Å². The summed E-state index contributed by atoms with van der Waals surface area (Å²) in [6.07, 6.45) is -0.193. The molecule has 0 spiro atoms. The maximum Gasteiger partial charge on any atom is 0.253 e. The molecule has 6 nitrogen and oxygen atoms in total. The van der Waals surface area contributed by atoms with Gasteiger partial charge in [0.15, 0.2) is 0 Å². The molecule has 0 radical (unpaired) electrons. The van der Waals surface area contributed by atoms with Crippen LogP contribution in [0.25, 0.3) is 0 Å². The lowest BCUT2D eigenvalue weighted by molar-refractivity contribution is -0.134. The maximum absolute atomic E-state index is 11.8. The second-order valence-corrected chi connectivity index (χ2v) is 4.62. The number of amides is 3. The molecule has 1 heterocycles. The van der Waals surface area contributed by atoms with Crippen molar-refractivity contribution in [1.82, 2.24) is 10.4 Å². The Balaban J connectivity index is 1.98. The molecule has 3 amide bonds. The lowest BCUT2D eigenvalue weighted by atomic mass is 10.0. The van der Waals surface area contributed by atoms with Crippen LogP contribution in [0.4, 0.5) is 5.69 Å². The van der Waals surface area contributed by atoms with Crippen LogP contribution in [0.2, 0.25) is 5.02 Å². The number of carbonyl (C=O) groups excluding carboxylic acids is 3. The third-order valence-corrected chi connectivity index (χ3v) is 2.96. The molecule has 1 aliphatic heterocycles. The standard InChI is InChI=1S/C12H12ClN3O3/c1-16-12(19)9(11(18)15-16)6-10(17)14-8-4-2-3-7(13)5-8/h2-5,9H,6H2,1H3,(H,14,17)(H,15,18). The summed E-state index contributed by atoms with van der Waals surface area (Å²) in [5, 5.41) is 4.17. The van der Waals surface area contributed by atoms with Crippen LogP contribution in [0.1, 0.15) is 6.42 Å². The first-order chi connectivity index (χ1) is 8.97. The van der Waals surface area contributed by atoms with Crippen LogP contribution in [0.5, 0.6) is 0 Å². The van der Waals surface area contributed by atoms with E-state index in [0.717, 1.165) is 5.01 Å². The Kier molecular flexibility index (Phi) is 3.71. The van der Waals surface area contributed by atoms with Crippen molar-refractivity contribution in [2.75, 3.05) is 12.4 Å². The Labute approximate surface area is 114 Å². The molecule has 100 valence electrons. The van der Waals surface area contributed by atoms with E-state index in [9.17, 15) is 14.4 Å². The smallest absolute Gasteiger partial charge is 0.253 e. The minimum absolute atomic E-state index is 0.193. The molecule has 0 saturated carbocycles. The first kappa shape index (κ1) is 13.4. The van der Waals surface area contributed by atoms with Crippen molar-refractivity contribution in [3.05, 3.63) is 29.3 Å². The molecule has 1 saturated heterocycles. The second kappa shape index (κ2) is 5.27. The first-order valence-electron chi connectivity index (χ1n) is 5.61. The lowest BCUT2D eigenvalue weighted by Crippen LogP contribution is -2.31. The number of hydrazine groups is 1. The highest BCUT2D eigenvalue weighted by molar-refractivity contribution is 6.30. The van der Waals surface area contributed by atoms with E-state index in [1.807, 2.05) is 0 Å². The monoisotopic (exact) mass is 281 g/mol. The number of nitrogens with zero attached hydrogens (tertiary/aromatic N) is 1. The van der Waals surface area contributed by atoms with Gasteiger partial charge in [0.1, 0.15) is 5.92 Å². The molecule has 19 heavy (non-hydrogen) atoms. The molecule has 2 rings (SSSR count). The van der Waals surface area contributed by atoms with E-state index in [1.165, 1.54) is 7.05 Å². The average molecular weight is 282 g/mol. The number of hydrogen-bond acceptors (Lipinski definition) is 3. The number of hydrogen-bond donors (Lipinski definition) is 2. The molecule has 0 aromatic heterocycles. The Morgan fingerprint density at radius 2 is 2.21 bits per heavy atom. The number of anilines is 1. The van der Waals surface area contributed by atoms with Gasteiger partial charge in [0.25, 0.3) is 11.8 Å². The molecule has 1 atom stereocenters. The summed E-state index contributed by atoms with van der Waals surface area (Å²) in [7, 11) is 1.44. The molecule has 0 aliphatic carbocycles. The van der Waals surface area contributed by atoms with Crippen LogP contribution in [-0.4, -0.2) is 29.8 Å². The van der Waals surface area contributed by atoms with E-state index in [0.29, 0.717) is 10.7 Å². The number of carbonyl (C=O) groups is 3. The maximum atomic E-state index is 11.8. The van der Waals surface area contributed by atoms with Gasteiger partial charge in [-0.3, -0.25) is 24.8 Å². The summed E-state index contributed by atoms with van der Waals surface area (Å²) in [5.74, 6) is -2.25. The fourth-order valence-corrected chi connectivity index (χ4v) is 1.98. The van der Waals surface area contributed by atoms with Gasteiger partial charge in [-0.05, 0) is 18.2 Å². The Morgan fingerprint density at radius 3 is 2.79 bits per heavy atom. The van der Waals surface area contributed by atoms with Crippen LogP contribution < -0.4 is 10.7 Å². The van der Waals surface area contributed by atoms with Crippen LogP contribution in [0, 0.1) is 5.92 Å². The third-order valence-electron chi connectivity index (χ3n) is 2.72. The SMILES string of the molecule is CN1NC(=O)C(CC(=O)Nc2cccc(Cl)c2)C1=O. The number of rotatable bonds is 3. The van der Waals surface area contributed by atoms with E-state index in [-0.39, 0.29) is 6.42 Å². The summed E-state index contributed by atoms with van der Waals surface area (Å²) in [6, 6.07) is 6.63. The van der Waals surface area contributed by atoms with E-state index in [2.05, 4.69) is 10.7 Å². The number of halogens is 1. The molecule has 1 aromatic carbocycles. The minimum atomic E-state index is -0.968. The molecule has 0 bridgehead atoms. The predicted octanol–water partition coefficient (Wildman–Crippen LogP) is 0.788. The average Bonchev–Trinajstić information content (AvgIpc) is 2.56. The van der Waals surface area contributed by atoms with E-state index in [1.54, 1.807) is 24.3 Å². The molecule has 1 fully saturated rings. The Morgan fingerprint density at radius 1 is 1.47 bits per heavy atom. The van der Waals surface area contributed by atoms with Crippen molar-refractivity contribution in [1.29, 1.82) is 0 Å². The van der Waals surface area contributed by atoms with Crippen molar-refractivity contribution in [3.8, 4) is 0 Å². The molecule has 2 N–H and O–H groups in total. The van der Waals surface area contributed by atoms with E-state index < -0.39 is 23.6 Å². The van der Waals surface area contributed by atoms with Crippen LogP contribution in [0.3, 0.4) is 0 Å². The van der Waals surface area contributed by atoms with Gasteiger partial charge in [-0.2, -0.15) is 0 Å². The second-order valence-electron chi connectivity index (χ2n) is 4.19. The van der Waals surface area contributed by atoms with Crippen LogP contribution in [0.15, 0.2) is 24.3 Å². The van der Waals surface area contributed by atoms with Gasteiger partial charge in [0, 0.05) is 24.2 Å². The summed E-state index contributed by atoms with van der Waals surface area (Å²) in [5.41, 5.74) is 2.86. The zero-order chi connectivity index (χ0) is 14.0. The Hall–Kier alpha value is -2.08. The highest BCUT2D eigenvalue weighted by Crippen LogP contribution is 2.17. The van der Waals surface area contributed by atoms with Crippen LogP contribution >= 0.6 is 11.6 Å². The van der Waals surface area contributed by atoms with Crippen molar-refractivity contribution in [3.63, 3.8) is 0 Å². The fraction of sp³-hybridized carbons (Fsp3) is 0.250. The van der Waals surface area contributed by atoms with Crippen molar-refractivity contribution < 1.29 is 14.4 Å². The highest BCUT2D eigenvalue weighted by Gasteiger charge is 2.38. The zero-order valence-corrected chi connectivity index (χ0v) is 10.9. The predicted molar refractivity (Wildman–Crippen MR) is 69.1 cm³/mol. The third kappa shape index (κ3) is 3.03. The zero-order valence-electron chi connectivity index (χ0n) is 10.1. The Bertz CT molecular complexity index is 547. The first-order valence-corrected chi connectivity index (χ1v) is 5.98. The van der Waals surface area contributed by atoms with E-state index in [4.69, 9.17) is 11.6 Å². The van der Waals surface area contributed by atoms with Crippen LogP contribution in [-0.2, 0) is 14.4 Å². The summed E-state index contributed by atoms with van der Waals surface area (Å²) < 4.78 is 0. The number of nitrogens with one attached hydrogen (secondary N) is 2. The van der Waals surface area contributed by atoms with Gasteiger partial charge >= 0.3 is 0 Å². The van der Waals surface area contributed by atoms with Crippen molar-refractivity contribution in [2.24, 2.45) is 5.92 Å². The molecule has 1 unspecified atom stereocenters. The molecule has 7 heteroatoms. The van der Waals surface area contributed by atoms with E-state index >= 15 is 0 Å². The van der Waals surface area contributed by atoms with Gasteiger partial charge in [0.2, 0.25) is 5.91 Å².